The number of alkyl halides is 4. The number of halogens is 4. The highest BCUT2D eigenvalue weighted by Crippen LogP contribution is 2.40. The molecule has 1 aromatic carbocycles. The van der Waals surface area contributed by atoms with Gasteiger partial charge in [-0.1, -0.05) is 30.3 Å². The first-order valence-corrected chi connectivity index (χ1v) is 6.90. The molecule has 2 atom stereocenters. The molecule has 21 heavy (non-hydrogen) atoms. The van der Waals surface area contributed by atoms with Crippen molar-refractivity contribution in [1.82, 2.24) is 0 Å². The molecule has 3 rings (SSSR count). The van der Waals surface area contributed by atoms with Crippen LogP contribution < -0.4 is 0 Å². The SMILES string of the molecule is FC1(F)CCC1OCc1ccccc1.OC1CCC1(F)F. The summed E-state index contributed by atoms with van der Waals surface area (Å²) in [5.74, 6) is -5.37. The van der Waals surface area contributed by atoms with Crippen LogP contribution in [0, 0.1) is 0 Å². The first-order chi connectivity index (χ1) is 9.81. The molecule has 0 spiro atoms. The molecule has 0 bridgehead atoms. The van der Waals surface area contributed by atoms with Gasteiger partial charge < -0.3 is 9.84 Å². The molecule has 2 aliphatic rings. The average Bonchev–Trinajstić information content (AvgIpc) is 2.46. The highest BCUT2D eigenvalue weighted by molar-refractivity contribution is 5.13. The van der Waals surface area contributed by atoms with Gasteiger partial charge in [-0.15, -0.1) is 0 Å². The molecular formula is C15H18F4O2. The number of hydrogen-bond acceptors (Lipinski definition) is 2. The molecule has 118 valence electrons. The summed E-state index contributed by atoms with van der Waals surface area (Å²) >= 11 is 0. The van der Waals surface area contributed by atoms with Crippen molar-refractivity contribution < 1.29 is 27.4 Å². The topological polar surface area (TPSA) is 29.5 Å². The number of aliphatic hydroxyl groups excluding tert-OH is 1. The van der Waals surface area contributed by atoms with Crippen LogP contribution in [-0.2, 0) is 11.3 Å². The van der Waals surface area contributed by atoms with E-state index in [1.54, 1.807) is 0 Å². The van der Waals surface area contributed by atoms with Crippen molar-refractivity contribution in [3.8, 4) is 0 Å². The number of ether oxygens (including phenoxy) is 1. The van der Waals surface area contributed by atoms with Crippen LogP contribution >= 0.6 is 0 Å². The van der Waals surface area contributed by atoms with Crippen molar-refractivity contribution in [3.05, 3.63) is 35.9 Å². The van der Waals surface area contributed by atoms with Crippen molar-refractivity contribution in [2.75, 3.05) is 0 Å². The van der Waals surface area contributed by atoms with Gasteiger partial charge in [0.25, 0.3) is 11.8 Å². The van der Waals surface area contributed by atoms with Gasteiger partial charge in [0, 0.05) is 12.8 Å². The standard InChI is InChI=1S/C11H12F2O.C4H6F2O/c12-11(13)7-6-10(11)14-8-9-4-2-1-3-5-9;5-4(6)2-1-3(4)7/h1-5,10H,6-8H2;3,7H,1-2H2. The summed E-state index contributed by atoms with van der Waals surface area (Å²) in [6.45, 7) is 0.279. The Hall–Kier alpha value is -1.14. The Labute approximate surface area is 120 Å². The van der Waals surface area contributed by atoms with Crippen molar-refractivity contribution in [1.29, 1.82) is 0 Å². The lowest BCUT2D eigenvalue weighted by atomic mass is 9.91. The Morgan fingerprint density at radius 2 is 1.57 bits per heavy atom. The third kappa shape index (κ3) is 4.17. The van der Waals surface area contributed by atoms with Crippen LogP contribution in [0.5, 0.6) is 0 Å². The Morgan fingerprint density at radius 3 is 1.90 bits per heavy atom. The van der Waals surface area contributed by atoms with Crippen LogP contribution in [0.25, 0.3) is 0 Å². The predicted octanol–water partition coefficient (Wildman–Crippen LogP) is 3.78. The quantitative estimate of drug-likeness (QED) is 0.861. The van der Waals surface area contributed by atoms with Crippen molar-refractivity contribution in [2.24, 2.45) is 0 Å². The number of benzene rings is 1. The Kier molecular flexibility index (Phi) is 4.88. The van der Waals surface area contributed by atoms with Crippen LogP contribution in [0.3, 0.4) is 0 Å². The molecule has 1 N–H and O–H groups in total. The fraction of sp³-hybridized carbons (Fsp3) is 0.600. The van der Waals surface area contributed by atoms with Crippen molar-refractivity contribution in [3.63, 3.8) is 0 Å². The van der Waals surface area contributed by atoms with Crippen molar-refractivity contribution >= 4 is 0 Å². The smallest absolute Gasteiger partial charge is 0.273 e. The normalized spacial score (nSPS) is 28.6. The summed E-state index contributed by atoms with van der Waals surface area (Å²) in [6.07, 6.45) is -1.68. The van der Waals surface area contributed by atoms with Gasteiger partial charge in [-0.3, -0.25) is 0 Å². The monoisotopic (exact) mass is 306 g/mol. The van der Waals surface area contributed by atoms with E-state index in [1.807, 2.05) is 30.3 Å². The summed E-state index contributed by atoms with van der Waals surface area (Å²) in [7, 11) is 0. The lowest BCUT2D eigenvalue weighted by molar-refractivity contribution is -0.204. The summed E-state index contributed by atoms with van der Waals surface area (Å²) in [5.41, 5.74) is 0.940. The minimum absolute atomic E-state index is 0.0353. The van der Waals surface area contributed by atoms with Gasteiger partial charge in [0.05, 0.1) is 6.61 Å². The molecule has 0 aliphatic heterocycles. The zero-order chi connectivity index (χ0) is 15.5. The van der Waals surface area contributed by atoms with E-state index in [0.717, 1.165) is 5.56 Å². The second-order valence-corrected chi connectivity index (χ2v) is 5.40. The molecule has 6 heteroatoms. The van der Waals surface area contributed by atoms with Gasteiger partial charge in [-0.2, -0.15) is 0 Å². The van der Waals surface area contributed by atoms with Crippen LogP contribution in [-0.4, -0.2) is 29.2 Å². The summed E-state index contributed by atoms with van der Waals surface area (Å²) in [5, 5.41) is 8.23. The summed E-state index contributed by atoms with van der Waals surface area (Å²) in [6, 6.07) is 9.38. The van der Waals surface area contributed by atoms with Crippen LogP contribution in [0.4, 0.5) is 17.6 Å². The van der Waals surface area contributed by atoms with E-state index in [9.17, 15) is 17.6 Å². The molecule has 2 fully saturated rings. The van der Waals surface area contributed by atoms with E-state index >= 15 is 0 Å². The van der Waals surface area contributed by atoms with Gasteiger partial charge in [-0.05, 0) is 18.4 Å². The average molecular weight is 306 g/mol. The molecular weight excluding hydrogens is 288 g/mol. The Bertz CT molecular complexity index is 450. The molecule has 0 saturated heterocycles. The predicted molar refractivity (Wildman–Crippen MR) is 69.4 cm³/mol. The van der Waals surface area contributed by atoms with Gasteiger partial charge in [0.15, 0.2) is 0 Å². The van der Waals surface area contributed by atoms with Gasteiger partial charge in [-0.25, -0.2) is 17.6 Å². The number of rotatable bonds is 3. The number of aliphatic hydroxyl groups is 1. The highest BCUT2D eigenvalue weighted by atomic mass is 19.3. The minimum Gasteiger partial charge on any atom is -0.387 e. The van der Waals surface area contributed by atoms with E-state index in [0.29, 0.717) is 6.42 Å². The van der Waals surface area contributed by atoms with Crippen molar-refractivity contribution in [2.45, 2.75) is 56.3 Å². The molecule has 0 aromatic heterocycles. The number of hydrogen-bond donors (Lipinski definition) is 1. The largest absolute Gasteiger partial charge is 0.387 e. The van der Waals surface area contributed by atoms with Gasteiger partial charge >= 0.3 is 0 Å². The lowest BCUT2D eigenvalue weighted by Gasteiger charge is -2.35. The van der Waals surface area contributed by atoms with Crippen LogP contribution in [0.1, 0.15) is 31.2 Å². The highest BCUT2D eigenvalue weighted by Gasteiger charge is 2.49. The maximum atomic E-state index is 12.8. The molecule has 1 aromatic rings. The van der Waals surface area contributed by atoms with E-state index in [2.05, 4.69) is 0 Å². The van der Waals surface area contributed by atoms with Crippen LogP contribution in [0.2, 0.25) is 0 Å². The van der Waals surface area contributed by atoms with Gasteiger partial charge in [0.2, 0.25) is 0 Å². The third-order valence-electron chi connectivity index (χ3n) is 3.74. The second kappa shape index (κ2) is 6.32. The molecule has 0 amide bonds. The molecule has 0 heterocycles. The maximum absolute atomic E-state index is 12.8. The first kappa shape index (κ1) is 16.2. The third-order valence-corrected chi connectivity index (χ3v) is 3.74. The molecule has 2 nitrogen and oxygen atoms in total. The van der Waals surface area contributed by atoms with E-state index in [4.69, 9.17) is 9.84 Å². The summed E-state index contributed by atoms with van der Waals surface area (Å²) < 4.78 is 54.1. The van der Waals surface area contributed by atoms with E-state index in [1.165, 1.54) is 0 Å². The van der Waals surface area contributed by atoms with E-state index in [-0.39, 0.29) is 25.9 Å². The zero-order valence-corrected chi connectivity index (χ0v) is 11.4. The first-order valence-electron chi connectivity index (χ1n) is 6.90. The minimum atomic E-state index is -2.76. The second-order valence-electron chi connectivity index (χ2n) is 5.40. The molecule has 2 unspecified atom stereocenters. The van der Waals surface area contributed by atoms with Crippen LogP contribution in [0.15, 0.2) is 30.3 Å². The molecule has 2 aliphatic carbocycles. The molecule has 2 saturated carbocycles. The Balaban J connectivity index is 0.000000194. The Morgan fingerprint density at radius 1 is 1.00 bits per heavy atom. The summed E-state index contributed by atoms with van der Waals surface area (Å²) in [4.78, 5) is 0. The lowest BCUT2D eigenvalue weighted by Crippen LogP contribution is -2.45. The maximum Gasteiger partial charge on any atom is 0.273 e. The van der Waals surface area contributed by atoms with E-state index < -0.39 is 24.1 Å². The fourth-order valence-electron chi connectivity index (χ4n) is 1.95. The fourth-order valence-corrected chi connectivity index (χ4v) is 1.95. The zero-order valence-electron chi connectivity index (χ0n) is 11.4. The molecule has 0 radical (unpaired) electrons. The van der Waals surface area contributed by atoms with Gasteiger partial charge in [0.1, 0.15) is 12.2 Å².